The van der Waals surface area contributed by atoms with E-state index in [-0.39, 0.29) is 0 Å². The third-order valence-electron chi connectivity index (χ3n) is 4.26. The van der Waals surface area contributed by atoms with Crippen molar-refractivity contribution in [1.29, 1.82) is 0 Å². The summed E-state index contributed by atoms with van der Waals surface area (Å²) in [4.78, 5) is 4.99. The third-order valence-corrected chi connectivity index (χ3v) is 6.49. The Morgan fingerprint density at radius 3 is 2.62 bits per heavy atom. The van der Waals surface area contributed by atoms with Crippen molar-refractivity contribution in [3.05, 3.63) is 36.4 Å². The zero-order valence-electron chi connectivity index (χ0n) is 14.1. The van der Waals surface area contributed by atoms with Crippen molar-refractivity contribution in [2.45, 2.75) is 10.6 Å². The highest BCUT2D eigenvalue weighted by molar-refractivity contribution is 8.01. The lowest BCUT2D eigenvalue weighted by molar-refractivity contribution is 0.258. The number of thiophene rings is 1. The number of ether oxygens (including phenoxy) is 1. The highest BCUT2D eigenvalue weighted by Crippen LogP contribution is 2.30. The Balaban J connectivity index is 1.39. The van der Waals surface area contributed by atoms with Crippen molar-refractivity contribution in [2.24, 2.45) is 0 Å². The van der Waals surface area contributed by atoms with Crippen LogP contribution in [0.5, 0.6) is 5.75 Å². The largest absolute Gasteiger partial charge is 0.495 e. The molecule has 2 aromatic rings. The molecular weight excluding hydrogens is 338 g/mol. The van der Waals surface area contributed by atoms with E-state index in [1.165, 1.54) is 22.9 Å². The molecule has 0 radical (unpaired) electrons. The molecule has 130 valence electrons. The van der Waals surface area contributed by atoms with Gasteiger partial charge in [-0.2, -0.15) is 0 Å². The average Bonchev–Trinajstić information content (AvgIpc) is 3.04. The Bertz CT molecular complexity index is 639. The van der Waals surface area contributed by atoms with E-state index < -0.39 is 0 Å². The number of nitrogen functional groups attached to an aromatic ring is 1. The molecule has 0 aliphatic carbocycles. The predicted octanol–water partition coefficient (Wildman–Crippen LogP) is 3.64. The molecule has 1 aliphatic heterocycles. The molecule has 6 heteroatoms. The van der Waals surface area contributed by atoms with Crippen LogP contribution in [0.4, 0.5) is 10.7 Å². The number of piperazine rings is 1. The molecule has 2 N–H and O–H groups in total. The zero-order chi connectivity index (χ0) is 16.8. The van der Waals surface area contributed by atoms with Crippen molar-refractivity contribution < 1.29 is 4.74 Å². The summed E-state index contributed by atoms with van der Waals surface area (Å²) in [6, 6.07) is 12.4. The molecule has 4 nitrogen and oxygen atoms in total. The van der Waals surface area contributed by atoms with E-state index >= 15 is 0 Å². The number of thioether (sulfide) groups is 1. The number of rotatable bonds is 7. The molecule has 0 unspecified atom stereocenters. The normalized spacial score (nSPS) is 15.6. The summed E-state index contributed by atoms with van der Waals surface area (Å²) in [5.41, 5.74) is 6.98. The second-order valence-corrected chi connectivity index (χ2v) is 8.37. The lowest BCUT2D eigenvalue weighted by Gasteiger charge is -2.36. The van der Waals surface area contributed by atoms with E-state index in [0.29, 0.717) is 0 Å². The first-order valence-electron chi connectivity index (χ1n) is 8.34. The molecule has 3 rings (SSSR count). The Hall–Kier alpha value is -1.37. The molecule has 0 saturated carbocycles. The summed E-state index contributed by atoms with van der Waals surface area (Å²) >= 11 is 3.60. The summed E-state index contributed by atoms with van der Waals surface area (Å²) < 4.78 is 6.81. The molecule has 1 fully saturated rings. The average molecular weight is 364 g/mol. The number of nitrogens with zero attached hydrogens (tertiary/aromatic N) is 2. The fraction of sp³-hybridized carbons (Fsp3) is 0.444. The van der Waals surface area contributed by atoms with Gasteiger partial charge in [-0.1, -0.05) is 12.1 Å². The monoisotopic (exact) mass is 363 g/mol. The lowest BCUT2D eigenvalue weighted by atomic mass is 10.2. The van der Waals surface area contributed by atoms with Crippen LogP contribution in [0.2, 0.25) is 0 Å². The van der Waals surface area contributed by atoms with Crippen LogP contribution in [-0.2, 0) is 0 Å². The minimum absolute atomic E-state index is 0.907. The van der Waals surface area contributed by atoms with Crippen LogP contribution in [0.3, 0.4) is 0 Å². The number of methoxy groups -OCH3 is 1. The maximum atomic E-state index is 5.76. The smallest absolute Gasteiger partial charge is 0.142 e. The first-order chi connectivity index (χ1) is 11.8. The summed E-state index contributed by atoms with van der Waals surface area (Å²) in [6.45, 7) is 5.54. The van der Waals surface area contributed by atoms with Crippen molar-refractivity contribution in [2.75, 3.05) is 56.2 Å². The minimum Gasteiger partial charge on any atom is -0.495 e. The second-order valence-electron chi connectivity index (χ2n) is 5.86. The van der Waals surface area contributed by atoms with E-state index in [1.807, 2.05) is 30.0 Å². The summed E-state index contributed by atoms with van der Waals surface area (Å²) in [5.74, 6) is 2.13. The van der Waals surface area contributed by atoms with Crippen LogP contribution in [0, 0.1) is 0 Å². The molecular formula is C18H25N3OS2. The van der Waals surface area contributed by atoms with Gasteiger partial charge in [0.25, 0.3) is 0 Å². The van der Waals surface area contributed by atoms with Gasteiger partial charge in [-0.25, -0.2) is 0 Å². The number of para-hydroxylation sites is 2. The van der Waals surface area contributed by atoms with Gasteiger partial charge in [0.05, 0.1) is 22.0 Å². The van der Waals surface area contributed by atoms with Gasteiger partial charge in [-0.3, -0.25) is 4.90 Å². The molecule has 1 aliphatic rings. The molecule has 0 amide bonds. The molecule has 0 bridgehead atoms. The van der Waals surface area contributed by atoms with Crippen molar-refractivity contribution in [3.63, 3.8) is 0 Å². The maximum Gasteiger partial charge on any atom is 0.142 e. The summed E-state index contributed by atoms with van der Waals surface area (Å²) in [5, 5.41) is 0.907. The zero-order valence-corrected chi connectivity index (χ0v) is 15.7. The van der Waals surface area contributed by atoms with Crippen LogP contribution < -0.4 is 15.4 Å². The van der Waals surface area contributed by atoms with Gasteiger partial charge in [0, 0.05) is 31.9 Å². The standard InChI is InChI=1S/C18H25N3OS2/c1-22-16-6-3-2-5-15(16)21-12-10-20(11-13-21)9-4-14-23-18-8-7-17(19)24-18/h2-3,5-8H,4,9-14,19H2,1H3. The van der Waals surface area contributed by atoms with E-state index in [0.717, 1.165) is 42.7 Å². The van der Waals surface area contributed by atoms with E-state index in [2.05, 4.69) is 28.0 Å². The summed E-state index contributed by atoms with van der Waals surface area (Å²) in [7, 11) is 1.74. The van der Waals surface area contributed by atoms with Crippen LogP contribution in [0.15, 0.2) is 40.6 Å². The number of hydrogen-bond acceptors (Lipinski definition) is 6. The van der Waals surface area contributed by atoms with E-state index in [9.17, 15) is 0 Å². The first-order valence-corrected chi connectivity index (χ1v) is 10.1. The highest BCUT2D eigenvalue weighted by Gasteiger charge is 2.19. The molecule has 0 spiro atoms. The number of anilines is 2. The Morgan fingerprint density at radius 2 is 1.92 bits per heavy atom. The van der Waals surface area contributed by atoms with E-state index in [4.69, 9.17) is 10.5 Å². The van der Waals surface area contributed by atoms with Gasteiger partial charge in [0.15, 0.2) is 0 Å². The number of benzene rings is 1. The van der Waals surface area contributed by atoms with Crippen LogP contribution >= 0.6 is 23.1 Å². The second kappa shape index (κ2) is 8.65. The molecule has 0 atom stereocenters. The van der Waals surface area contributed by atoms with Crippen LogP contribution in [-0.4, -0.2) is 50.5 Å². The molecule has 2 heterocycles. The minimum atomic E-state index is 0.907. The van der Waals surface area contributed by atoms with Crippen molar-refractivity contribution in [3.8, 4) is 5.75 Å². The van der Waals surface area contributed by atoms with Gasteiger partial charge in [-0.15, -0.1) is 23.1 Å². The Morgan fingerprint density at radius 1 is 1.12 bits per heavy atom. The maximum absolute atomic E-state index is 5.76. The number of nitrogens with two attached hydrogens (primary N) is 1. The molecule has 24 heavy (non-hydrogen) atoms. The summed E-state index contributed by atoms with van der Waals surface area (Å²) in [6.07, 6.45) is 1.22. The highest BCUT2D eigenvalue weighted by atomic mass is 32.2. The third kappa shape index (κ3) is 4.59. The van der Waals surface area contributed by atoms with Crippen LogP contribution in [0.1, 0.15) is 6.42 Å². The number of hydrogen-bond donors (Lipinski definition) is 1. The SMILES string of the molecule is COc1ccccc1N1CCN(CCCSc2ccc(N)s2)CC1. The van der Waals surface area contributed by atoms with Gasteiger partial charge in [-0.05, 0) is 37.2 Å². The topological polar surface area (TPSA) is 41.7 Å². The molecule has 1 aromatic carbocycles. The quantitative estimate of drug-likeness (QED) is 0.601. The lowest BCUT2D eigenvalue weighted by Crippen LogP contribution is -2.46. The van der Waals surface area contributed by atoms with Gasteiger partial charge < -0.3 is 15.4 Å². The van der Waals surface area contributed by atoms with Gasteiger partial charge in [0.1, 0.15) is 5.75 Å². The fourth-order valence-corrected chi connectivity index (χ4v) is 4.89. The Kier molecular flexibility index (Phi) is 6.29. The molecule has 1 saturated heterocycles. The van der Waals surface area contributed by atoms with Crippen molar-refractivity contribution in [1.82, 2.24) is 4.90 Å². The first kappa shape index (κ1) is 17.5. The van der Waals surface area contributed by atoms with Crippen molar-refractivity contribution >= 4 is 33.8 Å². The molecule has 1 aromatic heterocycles. The Labute approximate surface area is 152 Å². The fourth-order valence-electron chi connectivity index (χ4n) is 2.98. The van der Waals surface area contributed by atoms with Crippen LogP contribution in [0.25, 0.3) is 0 Å². The predicted molar refractivity (Wildman–Crippen MR) is 106 cm³/mol. The van der Waals surface area contributed by atoms with Gasteiger partial charge >= 0.3 is 0 Å². The van der Waals surface area contributed by atoms with Gasteiger partial charge in [0.2, 0.25) is 0 Å². The van der Waals surface area contributed by atoms with E-state index in [1.54, 1.807) is 18.4 Å².